The van der Waals surface area contributed by atoms with Crippen LogP contribution in [0.25, 0.3) is 0 Å². The van der Waals surface area contributed by atoms with Gasteiger partial charge in [-0.3, -0.25) is 4.79 Å². The van der Waals surface area contributed by atoms with Gasteiger partial charge in [0.25, 0.3) is 5.91 Å². The number of azo groups is 2. The Hall–Kier alpha value is -3.87. The molecule has 134 valence electrons. The van der Waals surface area contributed by atoms with Crippen LogP contribution in [0.3, 0.4) is 0 Å². The van der Waals surface area contributed by atoms with Crippen molar-refractivity contribution in [1.82, 2.24) is 5.32 Å². The maximum Gasteiger partial charge on any atom is 0.251 e. The Morgan fingerprint density at radius 3 is 1.37 bits per heavy atom. The quantitative estimate of drug-likeness (QED) is 0.467. The number of carbonyl (C=O) groups is 1. The first-order valence-corrected chi connectivity index (χ1v) is 8.25. The van der Waals surface area contributed by atoms with Crippen LogP contribution in [0.2, 0.25) is 0 Å². The Labute approximate surface area is 156 Å². The number of nitrogens with one attached hydrogen (secondary N) is 1. The SMILES string of the molecule is CNC(=O)c1ccc(N=Nc2ccc(N=Nc3ccc(N)cc3)cc2)cc1. The van der Waals surface area contributed by atoms with E-state index in [1.165, 1.54) is 0 Å². The van der Waals surface area contributed by atoms with E-state index >= 15 is 0 Å². The van der Waals surface area contributed by atoms with Crippen LogP contribution in [-0.2, 0) is 0 Å². The van der Waals surface area contributed by atoms with Crippen molar-refractivity contribution in [3.63, 3.8) is 0 Å². The molecule has 7 heteroatoms. The summed E-state index contributed by atoms with van der Waals surface area (Å²) in [6.07, 6.45) is 0. The van der Waals surface area contributed by atoms with E-state index in [0.717, 1.165) is 5.69 Å². The number of anilines is 1. The molecule has 1 amide bonds. The fourth-order valence-corrected chi connectivity index (χ4v) is 2.18. The molecule has 0 saturated carbocycles. The summed E-state index contributed by atoms with van der Waals surface area (Å²) in [5, 5.41) is 19.2. The van der Waals surface area contributed by atoms with Crippen molar-refractivity contribution in [1.29, 1.82) is 0 Å². The van der Waals surface area contributed by atoms with Crippen LogP contribution in [0.1, 0.15) is 10.4 Å². The van der Waals surface area contributed by atoms with Gasteiger partial charge in [0, 0.05) is 18.3 Å². The molecule has 0 bridgehead atoms. The van der Waals surface area contributed by atoms with Crippen LogP contribution in [-0.4, -0.2) is 13.0 Å². The smallest absolute Gasteiger partial charge is 0.251 e. The van der Waals surface area contributed by atoms with Crippen molar-refractivity contribution in [2.75, 3.05) is 12.8 Å². The van der Waals surface area contributed by atoms with Gasteiger partial charge in [0.15, 0.2) is 0 Å². The van der Waals surface area contributed by atoms with Gasteiger partial charge in [-0.1, -0.05) is 0 Å². The third-order valence-corrected chi connectivity index (χ3v) is 3.66. The predicted molar refractivity (Wildman–Crippen MR) is 105 cm³/mol. The zero-order valence-electron chi connectivity index (χ0n) is 14.7. The lowest BCUT2D eigenvalue weighted by molar-refractivity contribution is 0.0963. The molecule has 3 aromatic rings. The van der Waals surface area contributed by atoms with E-state index in [0.29, 0.717) is 28.3 Å². The van der Waals surface area contributed by atoms with Gasteiger partial charge in [0.2, 0.25) is 0 Å². The van der Waals surface area contributed by atoms with Gasteiger partial charge in [0.05, 0.1) is 22.7 Å². The van der Waals surface area contributed by atoms with Crippen LogP contribution in [0, 0.1) is 0 Å². The Kier molecular flexibility index (Phi) is 5.64. The van der Waals surface area contributed by atoms with E-state index in [9.17, 15) is 4.79 Å². The minimum absolute atomic E-state index is 0.137. The average molecular weight is 358 g/mol. The van der Waals surface area contributed by atoms with Gasteiger partial charge in [-0.15, -0.1) is 0 Å². The van der Waals surface area contributed by atoms with E-state index in [2.05, 4.69) is 25.8 Å². The van der Waals surface area contributed by atoms with Crippen molar-refractivity contribution < 1.29 is 4.79 Å². The van der Waals surface area contributed by atoms with Crippen LogP contribution < -0.4 is 11.1 Å². The molecule has 0 aliphatic heterocycles. The maximum absolute atomic E-state index is 11.5. The van der Waals surface area contributed by atoms with Crippen molar-refractivity contribution in [3.8, 4) is 0 Å². The summed E-state index contributed by atoms with van der Waals surface area (Å²) >= 11 is 0. The molecule has 0 aliphatic carbocycles. The van der Waals surface area contributed by atoms with Gasteiger partial charge in [-0.05, 0) is 72.8 Å². The molecular weight excluding hydrogens is 340 g/mol. The molecule has 0 spiro atoms. The highest BCUT2D eigenvalue weighted by molar-refractivity contribution is 5.94. The molecule has 3 N–H and O–H groups in total. The summed E-state index contributed by atoms with van der Waals surface area (Å²) in [4.78, 5) is 11.5. The van der Waals surface area contributed by atoms with Gasteiger partial charge in [0.1, 0.15) is 0 Å². The highest BCUT2D eigenvalue weighted by atomic mass is 16.1. The topological polar surface area (TPSA) is 105 Å². The van der Waals surface area contributed by atoms with Gasteiger partial charge in [-0.2, -0.15) is 20.5 Å². The first kappa shape index (κ1) is 17.9. The van der Waals surface area contributed by atoms with E-state index < -0.39 is 0 Å². The number of amides is 1. The Balaban J connectivity index is 1.64. The second-order valence-corrected chi connectivity index (χ2v) is 5.63. The van der Waals surface area contributed by atoms with Gasteiger partial charge >= 0.3 is 0 Å². The lowest BCUT2D eigenvalue weighted by Gasteiger charge is -1.99. The third kappa shape index (κ3) is 5.05. The summed E-state index contributed by atoms with van der Waals surface area (Å²) in [6, 6.07) is 21.3. The Morgan fingerprint density at radius 1 is 0.667 bits per heavy atom. The van der Waals surface area contributed by atoms with Crippen molar-refractivity contribution in [2.24, 2.45) is 20.5 Å². The monoisotopic (exact) mass is 358 g/mol. The van der Waals surface area contributed by atoms with E-state index in [1.54, 1.807) is 67.7 Å². The molecule has 7 nitrogen and oxygen atoms in total. The molecule has 3 aromatic carbocycles. The van der Waals surface area contributed by atoms with Crippen molar-refractivity contribution in [2.45, 2.75) is 0 Å². The minimum Gasteiger partial charge on any atom is -0.399 e. The second kappa shape index (κ2) is 8.48. The zero-order chi connectivity index (χ0) is 19.1. The van der Waals surface area contributed by atoms with E-state index in [1.807, 2.05) is 12.1 Å². The second-order valence-electron chi connectivity index (χ2n) is 5.63. The predicted octanol–water partition coefficient (Wildman–Crippen LogP) is 5.46. The highest BCUT2D eigenvalue weighted by Gasteiger charge is 2.01. The maximum atomic E-state index is 11.5. The summed E-state index contributed by atoms with van der Waals surface area (Å²) in [5.41, 5.74) is 9.69. The molecule has 0 unspecified atom stereocenters. The molecule has 0 atom stereocenters. The number of nitrogens with zero attached hydrogens (tertiary/aromatic N) is 4. The van der Waals surface area contributed by atoms with Gasteiger partial charge < -0.3 is 11.1 Å². The number of hydrogen-bond acceptors (Lipinski definition) is 6. The molecule has 0 radical (unpaired) electrons. The van der Waals surface area contributed by atoms with Crippen LogP contribution >= 0.6 is 0 Å². The summed E-state index contributed by atoms with van der Waals surface area (Å²) in [7, 11) is 1.59. The lowest BCUT2D eigenvalue weighted by atomic mass is 10.2. The summed E-state index contributed by atoms with van der Waals surface area (Å²) < 4.78 is 0. The number of nitrogen functional groups attached to an aromatic ring is 1. The standard InChI is InChI=1S/C20H18N6O/c1-22-20(27)14-2-6-16(7-3-14)23-25-18-10-12-19(13-11-18)26-24-17-8-4-15(21)5-9-17/h2-13H,21H2,1H3,(H,22,27). The largest absolute Gasteiger partial charge is 0.399 e. The fourth-order valence-electron chi connectivity index (χ4n) is 2.18. The van der Waals surface area contributed by atoms with Gasteiger partial charge in [-0.25, -0.2) is 0 Å². The average Bonchev–Trinajstić information content (AvgIpc) is 2.72. The molecule has 0 aromatic heterocycles. The number of rotatable bonds is 5. The fraction of sp³-hybridized carbons (Fsp3) is 0.0500. The summed E-state index contributed by atoms with van der Waals surface area (Å²) in [5.74, 6) is -0.137. The molecule has 27 heavy (non-hydrogen) atoms. The molecule has 0 heterocycles. The van der Waals surface area contributed by atoms with E-state index in [4.69, 9.17) is 5.73 Å². The summed E-state index contributed by atoms with van der Waals surface area (Å²) in [6.45, 7) is 0. The minimum atomic E-state index is -0.137. The number of nitrogens with two attached hydrogens (primary N) is 1. The van der Waals surface area contributed by atoms with Crippen LogP contribution in [0.4, 0.5) is 28.4 Å². The van der Waals surface area contributed by atoms with Crippen LogP contribution in [0.15, 0.2) is 93.3 Å². The number of hydrogen-bond donors (Lipinski definition) is 2. The zero-order valence-corrected chi connectivity index (χ0v) is 14.7. The Bertz CT molecular complexity index is 961. The molecule has 0 aliphatic rings. The third-order valence-electron chi connectivity index (χ3n) is 3.66. The van der Waals surface area contributed by atoms with Crippen molar-refractivity contribution >= 4 is 34.3 Å². The van der Waals surface area contributed by atoms with Crippen molar-refractivity contribution in [3.05, 3.63) is 78.4 Å². The van der Waals surface area contributed by atoms with Crippen LogP contribution in [0.5, 0.6) is 0 Å². The first-order chi connectivity index (χ1) is 13.1. The Morgan fingerprint density at radius 2 is 1.00 bits per heavy atom. The number of carbonyl (C=O) groups excluding carboxylic acids is 1. The molecule has 0 fully saturated rings. The normalized spacial score (nSPS) is 11.1. The molecule has 3 rings (SSSR count). The highest BCUT2D eigenvalue weighted by Crippen LogP contribution is 2.23. The molecular formula is C20H18N6O. The lowest BCUT2D eigenvalue weighted by Crippen LogP contribution is -2.17. The van der Waals surface area contributed by atoms with E-state index in [-0.39, 0.29) is 5.91 Å². The first-order valence-electron chi connectivity index (χ1n) is 8.25. The molecule has 0 saturated heterocycles. The number of benzene rings is 3.